The second-order valence-electron chi connectivity index (χ2n) is 7.37. The molecule has 28 heavy (non-hydrogen) atoms. The van der Waals surface area contributed by atoms with E-state index in [1.54, 1.807) is 24.8 Å². The second kappa shape index (κ2) is 7.31. The van der Waals surface area contributed by atoms with Crippen LogP contribution in [-0.2, 0) is 11.8 Å². The van der Waals surface area contributed by atoms with Crippen LogP contribution in [0.25, 0.3) is 22.0 Å². The van der Waals surface area contributed by atoms with Gasteiger partial charge in [-0.3, -0.25) is 4.79 Å². The number of aromatic nitrogens is 3. The molecule has 1 aliphatic rings. The zero-order valence-corrected chi connectivity index (χ0v) is 16.2. The quantitative estimate of drug-likeness (QED) is 0.752. The highest BCUT2D eigenvalue weighted by Crippen LogP contribution is 2.29. The van der Waals surface area contributed by atoms with E-state index in [0.717, 1.165) is 28.6 Å². The summed E-state index contributed by atoms with van der Waals surface area (Å²) in [4.78, 5) is 23.2. The fourth-order valence-corrected chi connectivity index (χ4v) is 3.68. The molecule has 3 aromatic rings. The Bertz CT molecular complexity index is 1010. The summed E-state index contributed by atoms with van der Waals surface area (Å²) in [6.45, 7) is 4.12. The summed E-state index contributed by atoms with van der Waals surface area (Å²) in [5.74, 6) is -0.229. The molecule has 0 radical (unpaired) electrons. The molecule has 6 nitrogen and oxygen atoms in total. The van der Waals surface area contributed by atoms with Gasteiger partial charge in [-0.25, -0.2) is 14.4 Å². The average molecular weight is 381 g/mol. The van der Waals surface area contributed by atoms with Crippen LogP contribution in [0.5, 0.6) is 0 Å². The molecule has 1 N–H and O–H groups in total. The van der Waals surface area contributed by atoms with E-state index < -0.39 is 11.6 Å². The Hall–Kier alpha value is -2.80. The van der Waals surface area contributed by atoms with E-state index in [4.69, 9.17) is 0 Å². The van der Waals surface area contributed by atoms with Crippen molar-refractivity contribution in [3.8, 4) is 11.3 Å². The Balaban J connectivity index is 1.56. The van der Waals surface area contributed by atoms with Gasteiger partial charge in [-0.15, -0.1) is 0 Å². The van der Waals surface area contributed by atoms with E-state index in [1.807, 2.05) is 36.7 Å². The van der Waals surface area contributed by atoms with Crippen molar-refractivity contribution in [1.82, 2.24) is 19.4 Å². The molecule has 2 aromatic heterocycles. The molecule has 0 bridgehead atoms. The number of alkyl halides is 1. The SMILES string of the molecule is CCN1CCC(F)(C(=O)Nc2cc3cc(-c4cncn4C)ccc3cn2)CC1. The Kier molecular flexibility index (Phi) is 4.85. The number of pyridine rings is 1. The molecule has 0 saturated carbocycles. The standard InChI is InChI=1S/C21H24FN5O/c1-3-27-8-6-21(22,7-9-27)20(28)25-19-11-17-10-15(4-5-16(17)12-24-19)18-13-23-14-26(18)2/h4-5,10-14H,3,6-9H2,1-2H3,(H,24,25,28). The normalized spacial score (nSPS) is 17.0. The summed E-state index contributed by atoms with van der Waals surface area (Å²) in [6, 6.07) is 7.80. The van der Waals surface area contributed by atoms with Gasteiger partial charge in [0, 0.05) is 50.1 Å². The molecule has 3 heterocycles. The van der Waals surface area contributed by atoms with Gasteiger partial charge in [0.05, 0.1) is 18.2 Å². The van der Waals surface area contributed by atoms with Crippen LogP contribution in [0.15, 0.2) is 43.0 Å². The van der Waals surface area contributed by atoms with Gasteiger partial charge < -0.3 is 14.8 Å². The number of likely N-dealkylation sites (tertiary alicyclic amines) is 1. The second-order valence-corrected chi connectivity index (χ2v) is 7.37. The molecule has 1 aliphatic heterocycles. The number of aryl methyl sites for hydroxylation is 1. The Labute approximate surface area is 163 Å². The van der Waals surface area contributed by atoms with Crippen molar-refractivity contribution >= 4 is 22.5 Å². The van der Waals surface area contributed by atoms with Gasteiger partial charge in [-0.1, -0.05) is 19.1 Å². The first kappa shape index (κ1) is 18.6. The number of rotatable bonds is 4. The molecule has 1 aromatic carbocycles. The number of imidazole rings is 1. The molecular formula is C21H24FN5O. The summed E-state index contributed by atoms with van der Waals surface area (Å²) >= 11 is 0. The fourth-order valence-electron chi connectivity index (χ4n) is 3.68. The minimum absolute atomic E-state index is 0.213. The molecule has 0 unspecified atom stereocenters. The third-order valence-corrected chi connectivity index (χ3v) is 5.58. The summed E-state index contributed by atoms with van der Waals surface area (Å²) in [6.07, 6.45) is 5.68. The molecule has 0 atom stereocenters. The van der Waals surface area contributed by atoms with Crippen LogP contribution in [-0.4, -0.2) is 50.6 Å². The van der Waals surface area contributed by atoms with Crippen LogP contribution in [0.2, 0.25) is 0 Å². The Morgan fingerprint density at radius 1 is 1.21 bits per heavy atom. The van der Waals surface area contributed by atoms with Crippen LogP contribution in [0.4, 0.5) is 10.2 Å². The number of piperidine rings is 1. The van der Waals surface area contributed by atoms with E-state index in [9.17, 15) is 4.79 Å². The van der Waals surface area contributed by atoms with Crippen LogP contribution >= 0.6 is 0 Å². The van der Waals surface area contributed by atoms with Crippen molar-refractivity contribution in [2.75, 3.05) is 25.0 Å². The molecular weight excluding hydrogens is 357 g/mol. The van der Waals surface area contributed by atoms with Crippen molar-refractivity contribution in [3.63, 3.8) is 0 Å². The first-order valence-corrected chi connectivity index (χ1v) is 9.58. The summed E-state index contributed by atoms with van der Waals surface area (Å²) in [7, 11) is 1.94. The zero-order valence-electron chi connectivity index (χ0n) is 16.2. The van der Waals surface area contributed by atoms with Crippen LogP contribution in [0.3, 0.4) is 0 Å². The highest BCUT2D eigenvalue weighted by atomic mass is 19.1. The number of benzene rings is 1. The maximum atomic E-state index is 15.1. The topological polar surface area (TPSA) is 63.1 Å². The number of hydrogen-bond acceptors (Lipinski definition) is 4. The van der Waals surface area contributed by atoms with Crippen LogP contribution < -0.4 is 5.32 Å². The number of carbonyl (C=O) groups is 1. The van der Waals surface area contributed by atoms with Gasteiger partial charge in [-0.05, 0) is 24.1 Å². The maximum Gasteiger partial charge on any atom is 0.263 e. The molecule has 1 amide bonds. The number of anilines is 1. The van der Waals surface area contributed by atoms with Crippen molar-refractivity contribution < 1.29 is 9.18 Å². The van der Waals surface area contributed by atoms with Crippen molar-refractivity contribution in [3.05, 3.63) is 43.0 Å². The monoisotopic (exact) mass is 381 g/mol. The van der Waals surface area contributed by atoms with E-state index in [1.165, 1.54) is 0 Å². The minimum Gasteiger partial charge on any atom is -0.334 e. The van der Waals surface area contributed by atoms with E-state index in [0.29, 0.717) is 18.9 Å². The van der Waals surface area contributed by atoms with Crippen LogP contribution in [0.1, 0.15) is 19.8 Å². The first-order chi connectivity index (χ1) is 13.5. The molecule has 1 fully saturated rings. The van der Waals surface area contributed by atoms with Gasteiger partial charge in [0.25, 0.3) is 5.91 Å². The lowest BCUT2D eigenvalue weighted by molar-refractivity contribution is -0.130. The number of carbonyl (C=O) groups excluding carboxylic acids is 1. The number of nitrogens with one attached hydrogen (secondary N) is 1. The fraction of sp³-hybridized carbons (Fsp3) is 0.381. The molecule has 0 spiro atoms. The number of fused-ring (bicyclic) bond motifs is 1. The third kappa shape index (κ3) is 3.49. The highest BCUT2D eigenvalue weighted by Gasteiger charge is 2.41. The molecule has 1 saturated heterocycles. The maximum absolute atomic E-state index is 15.1. The van der Waals surface area contributed by atoms with Gasteiger partial charge in [-0.2, -0.15) is 0 Å². The number of nitrogens with zero attached hydrogens (tertiary/aromatic N) is 4. The summed E-state index contributed by atoms with van der Waals surface area (Å²) in [5, 5.41) is 4.56. The van der Waals surface area contributed by atoms with Gasteiger partial charge in [0.15, 0.2) is 5.67 Å². The molecule has 7 heteroatoms. The third-order valence-electron chi connectivity index (χ3n) is 5.58. The van der Waals surface area contributed by atoms with Gasteiger partial charge >= 0.3 is 0 Å². The van der Waals surface area contributed by atoms with Crippen LogP contribution in [0, 0.1) is 0 Å². The Morgan fingerprint density at radius 3 is 2.68 bits per heavy atom. The van der Waals surface area contributed by atoms with E-state index in [2.05, 4.69) is 20.2 Å². The molecule has 0 aliphatic carbocycles. The van der Waals surface area contributed by atoms with Crippen molar-refractivity contribution in [2.45, 2.75) is 25.4 Å². The number of hydrogen-bond donors (Lipinski definition) is 1. The number of amides is 1. The van der Waals surface area contributed by atoms with Gasteiger partial charge in [0.2, 0.25) is 0 Å². The van der Waals surface area contributed by atoms with Gasteiger partial charge in [0.1, 0.15) is 5.82 Å². The first-order valence-electron chi connectivity index (χ1n) is 9.58. The zero-order chi connectivity index (χ0) is 19.7. The lowest BCUT2D eigenvalue weighted by Crippen LogP contribution is -2.48. The van der Waals surface area contributed by atoms with E-state index >= 15 is 4.39 Å². The smallest absolute Gasteiger partial charge is 0.263 e. The minimum atomic E-state index is -1.83. The lowest BCUT2D eigenvalue weighted by atomic mass is 9.92. The molecule has 146 valence electrons. The Morgan fingerprint density at radius 2 is 2.00 bits per heavy atom. The largest absolute Gasteiger partial charge is 0.334 e. The predicted octanol–water partition coefficient (Wildman–Crippen LogP) is 3.40. The van der Waals surface area contributed by atoms with Crippen molar-refractivity contribution in [2.24, 2.45) is 7.05 Å². The number of halogens is 1. The highest BCUT2D eigenvalue weighted by molar-refractivity contribution is 5.98. The summed E-state index contributed by atoms with van der Waals surface area (Å²) in [5.41, 5.74) is 0.179. The van der Waals surface area contributed by atoms with E-state index in [-0.39, 0.29) is 12.8 Å². The van der Waals surface area contributed by atoms with Crippen molar-refractivity contribution in [1.29, 1.82) is 0 Å². The predicted molar refractivity (Wildman–Crippen MR) is 108 cm³/mol. The lowest BCUT2D eigenvalue weighted by Gasteiger charge is -2.34. The summed E-state index contributed by atoms with van der Waals surface area (Å²) < 4.78 is 17.0. The molecule has 4 rings (SSSR count). The average Bonchev–Trinajstić information content (AvgIpc) is 3.14.